The molecular weight excluding hydrogens is 288 g/mol. The molecule has 0 aliphatic heterocycles. The second-order valence-corrected chi connectivity index (χ2v) is 7.49. The molecule has 0 spiro atoms. The molecule has 0 bridgehead atoms. The number of aliphatic hydroxyl groups excluding tert-OH is 1. The molecule has 0 amide bonds. The fraction of sp³-hybridized carbons (Fsp3) is 0.600. The minimum absolute atomic E-state index is 0.318. The van der Waals surface area contributed by atoms with E-state index >= 15 is 0 Å². The predicted octanol–water partition coefficient (Wildman–Crippen LogP) is 1.65. The molecule has 1 aliphatic rings. The van der Waals surface area contributed by atoms with E-state index in [0.717, 1.165) is 24.8 Å². The lowest BCUT2D eigenvalue weighted by molar-refractivity contribution is 0.129. The molecule has 1 saturated carbocycles. The third-order valence-electron chi connectivity index (χ3n) is 3.94. The molecule has 0 radical (unpaired) electrons. The third-order valence-corrected chi connectivity index (χ3v) is 5.49. The Morgan fingerprint density at radius 1 is 1.19 bits per heavy atom. The minimum atomic E-state index is -3.58. The van der Waals surface area contributed by atoms with Crippen molar-refractivity contribution in [1.82, 2.24) is 9.03 Å². The Labute approximate surface area is 127 Å². The van der Waals surface area contributed by atoms with E-state index in [4.69, 9.17) is 0 Å². The van der Waals surface area contributed by atoms with Gasteiger partial charge in [0.15, 0.2) is 0 Å². The fourth-order valence-corrected chi connectivity index (χ4v) is 3.79. The molecule has 0 heterocycles. The van der Waals surface area contributed by atoms with Crippen LogP contribution in [0.2, 0.25) is 0 Å². The van der Waals surface area contributed by atoms with Crippen LogP contribution in [0.4, 0.5) is 0 Å². The van der Waals surface area contributed by atoms with Crippen LogP contribution in [0.25, 0.3) is 0 Å². The lowest BCUT2D eigenvalue weighted by atomic mass is 10.1. The van der Waals surface area contributed by atoms with E-state index in [1.807, 2.05) is 30.3 Å². The highest BCUT2D eigenvalue weighted by atomic mass is 32.2. The molecule has 6 heteroatoms. The van der Waals surface area contributed by atoms with Gasteiger partial charge in [0.1, 0.15) is 0 Å². The molecule has 118 valence electrons. The van der Waals surface area contributed by atoms with Gasteiger partial charge in [-0.2, -0.15) is 17.4 Å². The van der Waals surface area contributed by atoms with Crippen LogP contribution in [0.5, 0.6) is 0 Å². The molecule has 1 fully saturated rings. The summed E-state index contributed by atoms with van der Waals surface area (Å²) in [7, 11) is -2.03. The molecule has 5 nitrogen and oxygen atoms in total. The van der Waals surface area contributed by atoms with Gasteiger partial charge < -0.3 is 5.11 Å². The van der Waals surface area contributed by atoms with Crippen molar-refractivity contribution in [1.29, 1.82) is 0 Å². The second-order valence-electron chi connectivity index (χ2n) is 5.68. The molecule has 1 aromatic carbocycles. The van der Waals surface area contributed by atoms with Gasteiger partial charge >= 0.3 is 0 Å². The lowest BCUT2D eigenvalue weighted by Gasteiger charge is -2.25. The van der Waals surface area contributed by atoms with Crippen LogP contribution in [0.3, 0.4) is 0 Å². The maximum absolute atomic E-state index is 12.4. The number of benzene rings is 1. The van der Waals surface area contributed by atoms with Crippen molar-refractivity contribution in [2.24, 2.45) is 0 Å². The predicted molar refractivity (Wildman–Crippen MR) is 82.8 cm³/mol. The lowest BCUT2D eigenvalue weighted by Crippen LogP contribution is -2.48. The summed E-state index contributed by atoms with van der Waals surface area (Å²) >= 11 is 0. The molecule has 21 heavy (non-hydrogen) atoms. The summed E-state index contributed by atoms with van der Waals surface area (Å²) in [6.07, 6.45) is 3.73. The van der Waals surface area contributed by atoms with Gasteiger partial charge in [-0.3, -0.25) is 0 Å². The second kappa shape index (κ2) is 7.35. The van der Waals surface area contributed by atoms with Crippen molar-refractivity contribution in [2.45, 2.75) is 50.8 Å². The normalized spacial score (nSPS) is 24.0. The van der Waals surface area contributed by atoms with Gasteiger partial charge in [0, 0.05) is 19.6 Å². The summed E-state index contributed by atoms with van der Waals surface area (Å²) in [5, 5.41) is 10.0. The Kier molecular flexibility index (Phi) is 5.75. The minimum Gasteiger partial charge on any atom is -0.391 e. The Morgan fingerprint density at radius 3 is 2.57 bits per heavy atom. The first-order valence-electron chi connectivity index (χ1n) is 7.44. The van der Waals surface area contributed by atoms with Crippen LogP contribution >= 0.6 is 0 Å². The van der Waals surface area contributed by atoms with Crippen LogP contribution in [0.15, 0.2) is 30.3 Å². The van der Waals surface area contributed by atoms with Gasteiger partial charge in [0.2, 0.25) is 0 Å². The maximum Gasteiger partial charge on any atom is 0.279 e. The monoisotopic (exact) mass is 312 g/mol. The van der Waals surface area contributed by atoms with E-state index in [9.17, 15) is 13.5 Å². The van der Waals surface area contributed by atoms with Crippen molar-refractivity contribution in [2.75, 3.05) is 7.05 Å². The molecule has 2 N–H and O–H groups in total. The topological polar surface area (TPSA) is 69.6 Å². The van der Waals surface area contributed by atoms with Crippen LogP contribution in [0, 0.1) is 0 Å². The molecule has 1 aromatic rings. The summed E-state index contributed by atoms with van der Waals surface area (Å²) in [5.41, 5.74) is 0.937. The summed E-state index contributed by atoms with van der Waals surface area (Å²) in [6.45, 7) is 0.318. The van der Waals surface area contributed by atoms with Crippen molar-refractivity contribution < 1.29 is 13.5 Å². The van der Waals surface area contributed by atoms with E-state index in [0.29, 0.717) is 19.4 Å². The first-order valence-corrected chi connectivity index (χ1v) is 8.88. The van der Waals surface area contributed by atoms with Crippen LogP contribution in [-0.4, -0.2) is 37.0 Å². The summed E-state index contributed by atoms with van der Waals surface area (Å²) in [5.74, 6) is 0. The number of nitrogens with one attached hydrogen (secondary N) is 1. The van der Waals surface area contributed by atoms with Gasteiger partial charge in [0.25, 0.3) is 10.2 Å². The molecule has 2 atom stereocenters. The number of hydrogen-bond donors (Lipinski definition) is 2. The summed E-state index contributed by atoms with van der Waals surface area (Å²) in [6, 6.07) is 9.09. The van der Waals surface area contributed by atoms with E-state index in [-0.39, 0.29) is 6.04 Å². The van der Waals surface area contributed by atoms with E-state index in [1.165, 1.54) is 4.31 Å². The molecule has 2 unspecified atom stereocenters. The Balaban J connectivity index is 1.99. The van der Waals surface area contributed by atoms with Crippen LogP contribution in [-0.2, 0) is 16.8 Å². The standard InChI is InChI=1S/C15H24N2O3S/c1-17(12-13-8-4-2-5-9-13)21(19,20)16-14-10-6-3-7-11-15(14)18/h2,4-5,8-9,14-16,18H,3,6-7,10-12H2,1H3. The first kappa shape index (κ1) is 16.4. The maximum atomic E-state index is 12.4. The average Bonchev–Trinajstić information content (AvgIpc) is 2.65. The first-order chi connectivity index (χ1) is 9.99. The molecule has 0 saturated heterocycles. The summed E-state index contributed by atoms with van der Waals surface area (Å²) < 4.78 is 28.7. The van der Waals surface area contributed by atoms with E-state index in [1.54, 1.807) is 7.05 Å². The van der Waals surface area contributed by atoms with Crippen molar-refractivity contribution in [3.8, 4) is 0 Å². The van der Waals surface area contributed by atoms with Gasteiger partial charge in [-0.25, -0.2) is 0 Å². The highest BCUT2D eigenvalue weighted by molar-refractivity contribution is 7.87. The Hall–Kier alpha value is -0.950. The van der Waals surface area contributed by atoms with Gasteiger partial charge in [-0.1, -0.05) is 49.6 Å². The van der Waals surface area contributed by atoms with E-state index in [2.05, 4.69) is 4.72 Å². The average molecular weight is 312 g/mol. The number of rotatable bonds is 5. The number of aliphatic hydroxyl groups is 1. The van der Waals surface area contributed by atoms with Crippen molar-refractivity contribution >= 4 is 10.2 Å². The quantitative estimate of drug-likeness (QED) is 0.812. The number of nitrogens with zero attached hydrogens (tertiary/aromatic N) is 1. The van der Waals surface area contributed by atoms with E-state index < -0.39 is 16.3 Å². The van der Waals surface area contributed by atoms with Crippen molar-refractivity contribution in [3.63, 3.8) is 0 Å². The van der Waals surface area contributed by atoms with Crippen LogP contribution in [0.1, 0.15) is 37.7 Å². The summed E-state index contributed by atoms with van der Waals surface area (Å²) in [4.78, 5) is 0. The number of hydrogen-bond acceptors (Lipinski definition) is 3. The largest absolute Gasteiger partial charge is 0.391 e. The van der Waals surface area contributed by atoms with Crippen molar-refractivity contribution in [3.05, 3.63) is 35.9 Å². The highest BCUT2D eigenvalue weighted by Crippen LogP contribution is 2.19. The SMILES string of the molecule is CN(Cc1ccccc1)S(=O)(=O)NC1CCCCCC1O. The molecular formula is C15H24N2O3S. The molecule has 2 rings (SSSR count). The van der Waals surface area contributed by atoms with Gasteiger partial charge in [-0.05, 0) is 18.4 Å². The Morgan fingerprint density at radius 2 is 1.86 bits per heavy atom. The van der Waals surface area contributed by atoms with Gasteiger partial charge in [-0.15, -0.1) is 0 Å². The smallest absolute Gasteiger partial charge is 0.279 e. The zero-order chi connectivity index (χ0) is 15.3. The zero-order valence-corrected chi connectivity index (χ0v) is 13.2. The fourth-order valence-electron chi connectivity index (χ4n) is 2.63. The highest BCUT2D eigenvalue weighted by Gasteiger charge is 2.28. The Bertz CT molecular complexity index is 533. The molecule has 0 aromatic heterocycles. The molecule has 1 aliphatic carbocycles. The van der Waals surface area contributed by atoms with Crippen LogP contribution < -0.4 is 4.72 Å². The van der Waals surface area contributed by atoms with Gasteiger partial charge in [0.05, 0.1) is 6.10 Å². The third kappa shape index (κ3) is 4.78. The zero-order valence-electron chi connectivity index (χ0n) is 12.4.